The Bertz CT molecular complexity index is 208. The van der Waals surface area contributed by atoms with Crippen molar-refractivity contribution in [1.82, 2.24) is 0 Å². The molecule has 0 amide bonds. The van der Waals surface area contributed by atoms with Gasteiger partial charge >= 0.3 is 5.97 Å². The van der Waals surface area contributed by atoms with Gasteiger partial charge in [-0.25, -0.2) is 0 Å². The molecular formula is C9H14O4. The van der Waals surface area contributed by atoms with Crippen LogP contribution < -0.4 is 0 Å². The predicted molar refractivity (Wildman–Crippen MR) is 46.2 cm³/mol. The van der Waals surface area contributed by atoms with Crippen LogP contribution in [0.15, 0.2) is 0 Å². The minimum atomic E-state index is -0.589. The lowest BCUT2D eigenvalue weighted by Gasteiger charge is -1.98. The van der Waals surface area contributed by atoms with Crippen LogP contribution in [0.4, 0.5) is 0 Å². The molecule has 13 heavy (non-hydrogen) atoms. The molecule has 4 nitrogen and oxygen atoms in total. The zero-order valence-corrected chi connectivity index (χ0v) is 7.96. The van der Waals surface area contributed by atoms with Gasteiger partial charge in [0.2, 0.25) is 0 Å². The highest BCUT2D eigenvalue weighted by Crippen LogP contribution is 1.98. The Kier molecular flexibility index (Phi) is 5.76. The second kappa shape index (κ2) is 6.34. The Morgan fingerprint density at radius 3 is 2.15 bits per heavy atom. The molecule has 0 aromatic heterocycles. The summed E-state index contributed by atoms with van der Waals surface area (Å²) in [6.07, 6.45) is 0.673. The van der Waals surface area contributed by atoms with E-state index >= 15 is 0 Å². The summed E-state index contributed by atoms with van der Waals surface area (Å²) in [4.78, 5) is 32.5. The van der Waals surface area contributed by atoms with Crippen molar-refractivity contribution >= 4 is 17.5 Å². The van der Waals surface area contributed by atoms with Crippen molar-refractivity contribution in [3.05, 3.63) is 0 Å². The Morgan fingerprint density at radius 2 is 1.69 bits per heavy atom. The summed E-state index contributed by atoms with van der Waals surface area (Å²) in [6, 6.07) is 0. The van der Waals surface area contributed by atoms with E-state index in [1.54, 1.807) is 0 Å². The van der Waals surface area contributed by atoms with Crippen LogP contribution in [0.3, 0.4) is 0 Å². The summed E-state index contributed by atoms with van der Waals surface area (Å²) in [5, 5.41) is 0. The van der Waals surface area contributed by atoms with E-state index in [1.165, 1.54) is 7.11 Å². The maximum atomic E-state index is 11.0. The highest BCUT2D eigenvalue weighted by atomic mass is 16.5. The number of ketones is 2. The van der Waals surface area contributed by atoms with Gasteiger partial charge in [-0.3, -0.25) is 14.4 Å². The Hall–Kier alpha value is -1.19. The maximum Gasteiger partial charge on any atom is 0.313 e. The minimum absolute atomic E-state index is 0.114. The van der Waals surface area contributed by atoms with Gasteiger partial charge in [0, 0.05) is 6.42 Å². The van der Waals surface area contributed by atoms with Crippen molar-refractivity contribution in [2.75, 3.05) is 7.11 Å². The lowest BCUT2D eigenvalue weighted by atomic mass is 10.1. The Balaban J connectivity index is 3.74. The van der Waals surface area contributed by atoms with Crippen LogP contribution in [0.5, 0.6) is 0 Å². The van der Waals surface area contributed by atoms with E-state index in [9.17, 15) is 14.4 Å². The number of Topliss-reactive ketones (excluding diaryl/α,β-unsaturated/α-hetero) is 2. The van der Waals surface area contributed by atoms with E-state index in [1.807, 2.05) is 6.92 Å². The second-order valence-electron chi connectivity index (χ2n) is 2.76. The van der Waals surface area contributed by atoms with Gasteiger partial charge in [-0.05, 0) is 6.42 Å². The van der Waals surface area contributed by atoms with Gasteiger partial charge in [-0.1, -0.05) is 6.92 Å². The van der Waals surface area contributed by atoms with Gasteiger partial charge < -0.3 is 4.74 Å². The highest BCUT2D eigenvalue weighted by Gasteiger charge is 2.12. The molecule has 0 rings (SSSR count). The fourth-order valence-electron chi connectivity index (χ4n) is 0.883. The van der Waals surface area contributed by atoms with E-state index in [0.717, 1.165) is 6.42 Å². The van der Waals surface area contributed by atoms with Crippen molar-refractivity contribution in [2.45, 2.75) is 32.6 Å². The number of rotatable bonds is 6. The molecule has 0 atom stereocenters. The predicted octanol–water partition coefficient (Wildman–Crippen LogP) is 0.878. The molecular weight excluding hydrogens is 172 g/mol. The number of hydrogen-bond donors (Lipinski definition) is 0. The quantitative estimate of drug-likeness (QED) is 0.456. The monoisotopic (exact) mass is 186 g/mol. The van der Waals surface area contributed by atoms with E-state index in [2.05, 4.69) is 4.74 Å². The van der Waals surface area contributed by atoms with Gasteiger partial charge in [-0.15, -0.1) is 0 Å². The second-order valence-corrected chi connectivity index (χ2v) is 2.76. The minimum Gasteiger partial charge on any atom is -0.469 e. The number of esters is 1. The number of methoxy groups -OCH3 is 1. The zero-order chi connectivity index (χ0) is 10.3. The van der Waals surface area contributed by atoms with Gasteiger partial charge in [0.25, 0.3) is 0 Å². The first-order valence-corrected chi connectivity index (χ1v) is 4.20. The maximum absolute atomic E-state index is 11.0. The van der Waals surface area contributed by atoms with Crippen molar-refractivity contribution in [3.8, 4) is 0 Å². The average Bonchev–Trinajstić information content (AvgIpc) is 2.04. The highest BCUT2D eigenvalue weighted by molar-refractivity contribution is 6.05. The third-order valence-electron chi connectivity index (χ3n) is 1.49. The van der Waals surface area contributed by atoms with Gasteiger partial charge in [-0.2, -0.15) is 0 Å². The molecule has 4 heteroatoms. The van der Waals surface area contributed by atoms with Crippen molar-refractivity contribution in [3.63, 3.8) is 0 Å². The summed E-state index contributed by atoms with van der Waals surface area (Å²) in [5.74, 6) is -1.07. The molecule has 0 aliphatic carbocycles. The first kappa shape index (κ1) is 11.8. The molecule has 0 fully saturated rings. The standard InChI is InChI=1S/C9H14O4/c1-3-4-7(10)5-8(11)6-9(12)13-2/h3-6H2,1-2H3. The third-order valence-corrected chi connectivity index (χ3v) is 1.49. The Morgan fingerprint density at radius 1 is 1.08 bits per heavy atom. The summed E-state index contributed by atoms with van der Waals surface area (Å²) in [6.45, 7) is 1.86. The average molecular weight is 186 g/mol. The lowest BCUT2D eigenvalue weighted by Crippen LogP contribution is -2.13. The molecule has 0 saturated heterocycles. The van der Waals surface area contributed by atoms with Crippen molar-refractivity contribution < 1.29 is 19.1 Å². The normalized spacial score (nSPS) is 9.38. The van der Waals surface area contributed by atoms with Crippen molar-refractivity contribution in [2.24, 2.45) is 0 Å². The first-order chi connectivity index (χ1) is 6.10. The van der Waals surface area contributed by atoms with Crippen LogP contribution in [0, 0.1) is 0 Å². The molecule has 0 N–H and O–H groups in total. The van der Waals surface area contributed by atoms with Gasteiger partial charge in [0.15, 0.2) is 5.78 Å². The summed E-state index contributed by atoms with van der Waals surface area (Å²) in [7, 11) is 1.21. The smallest absolute Gasteiger partial charge is 0.313 e. The van der Waals surface area contributed by atoms with E-state index < -0.39 is 5.97 Å². The van der Waals surface area contributed by atoms with Gasteiger partial charge in [0.1, 0.15) is 12.2 Å². The fraction of sp³-hybridized carbons (Fsp3) is 0.667. The number of carbonyl (C=O) groups excluding carboxylic acids is 3. The molecule has 0 bridgehead atoms. The third kappa shape index (κ3) is 6.02. The Labute approximate surface area is 77.3 Å². The molecule has 0 aliphatic heterocycles. The fourth-order valence-corrected chi connectivity index (χ4v) is 0.883. The molecule has 0 aromatic carbocycles. The first-order valence-electron chi connectivity index (χ1n) is 4.20. The van der Waals surface area contributed by atoms with Crippen LogP contribution in [-0.4, -0.2) is 24.6 Å². The van der Waals surface area contributed by atoms with E-state index in [-0.39, 0.29) is 24.4 Å². The molecule has 0 aliphatic rings. The lowest BCUT2D eigenvalue weighted by molar-refractivity contribution is -0.143. The SMILES string of the molecule is CCCC(=O)CC(=O)CC(=O)OC. The van der Waals surface area contributed by atoms with E-state index in [4.69, 9.17) is 0 Å². The molecule has 0 heterocycles. The molecule has 0 radical (unpaired) electrons. The van der Waals surface area contributed by atoms with Crippen LogP contribution in [-0.2, 0) is 19.1 Å². The zero-order valence-electron chi connectivity index (χ0n) is 7.96. The summed E-state index contributed by atoms with van der Waals surface area (Å²) >= 11 is 0. The van der Waals surface area contributed by atoms with Crippen molar-refractivity contribution in [1.29, 1.82) is 0 Å². The number of hydrogen-bond acceptors (Lipinski definition) is 4. The number of ether oxygens (including phenoxy) is 1. The van der Waals surface area contributed by atoms with Crippen LogP contribution >= 0.6 is 0 Å². The van der Waals surface area contributed by atoms with Crippen LogP contribution in [0.25, 0.3) is 0 Å². The molecule has 74 valence electrons. The summed E-state index contributed by atoms with van der Waals surface area (Å²) in [5.41, 5.74) is 0. The molecule has 0 unspecified atom stereocenters. The van der Waals surface area contributed by atoms with Gasteiger partial charge in [0.05, 0.1) is 13.5 Å². The van der Waals surface area contributed by atoms with Crippen LogP contribution in [0.1, 0.15) is 32.6 Å². The molecule has 0 aromatic rings. The van der Waals surface area contributed by atoms with Crippen LogP contribution in [0.2, 0.25) is 0 Å². The molecule has 0 saturated carbocycles. The topological polar surface area (TPSA) is 60.4 Å². The number of carbonyl (C=O) groups is 3. The summed E-state index contributed by atoms with van der Waals surface area (Å²) < 4.78 is 4.29. The van der Waals surface area contributed by atoms with E-state index in [0.29, 0.717) is 6.42 Å². The molecule has 0 spiro atoms. The largest absolute Gasteiger partial charge is 0.469 e.